The van der Waals surface area contributed by atoms with Crippen molar-refractivity contribution in [3.63, 3.8) is 0 Å². The van der Waals surface area contributed by atoms with Gasteiger partial charge in [-0.3, -0.25) is 4.79 Å². The van der Waals surface area contributed by atoms with Crippen molar-refractivity contribution in [1.82, 2.24) is 4.90 Å². The van der Waals surface area contributed by atoms with Crippen LogP contribution in [0.15, 0.2) is 24.3 Å². The molecule has 0 radical (unpaired) electrons. The molecule has 92 valence electrons. The van der Waals surface area contributed by atoms with E-state index in [1.807, 2.05) is 11.0 Å². The number of thioether (sulfide) groups is 1. The van der Waals surface area contributed by atoms with E-state index in [9.17, 15) is 9.18 Å². The molecular formula is C12H13FINOS. The zero-order valence-electron chi connectivity index (χ0n) is 9.23. The zero-order chi connectivity index (χ0) is 12.3. The van der Waals surface area contributed by atoms with Crippen LogP contribution in [0.2, 0.25) is 0 Å². The monoisotopic (exact) mass is 365 g/mol. The third kappa shape index (κ3) is 3.13. The molecule has 5 heteroatoms. The van der Waals surface area contributed by atoms with E-state index in [4.69, 9.17) is 0 Å². The van der Waals surface area contributed by atoms with Gasteiger partial charge in [0.15, 0.2) is 0 Å². The highest BCUT2D eigenvalue weighted by Gasteiger charge is 2.32. The van der Waals surface area contributed by atoms with Gasteiger partial charge in [0.05, 0.1) is 5.75 Å². The Kier molecular flexibility index (Phi) is 4.67. The minimum atomic E-state index is -0.240. The fourth-order valence-electron chi connectivity index (χ4n) is 1.86. The van der Waals surface area contributed by atoms with E-state index in [1.54, 1.807) is 17.8 Å². The average Bonchev–Trinajstić information content (AvgIpc) is 2.68. The number of nitrogens with zero attached hydrogens (tertiary/aromatic N) is 1. The van der Waals surface area contributed by atoms with Gasteiger partial charge in [-0.1, -0.05) is 34.7 Å². The summed E-state index contributed by atoms with van der Waals surface area (Å²) in [5, 5.41) is -0.0128. The molecular weight excluding hydrogens is 352 g/mol. The maximum absolute atomic E-state index is 13.2. The molecule has 0 spiro atoms. The maximum atomic E-state index is 13.2. The van der Waals surface area contributed by atoms with Crippen molar-refractivity contribution in [2.45, 2.75) is 11.8 Å². The molecule has 1 aromatic carbocycles. The lowest BCUT2D eigenvalue weighted by atomic mass is 10.2. The predicted octanol–water partition coefficient (Wildman–Crippen LogP) is 3.22. The van der Waals surface area contributed by atoms with Crippen LogP contribution in [0.5, 0.6) is 0 Å². The molecule has 1 saturated heterocycles. The average molecular weight is 365 g/mol. The zero-order valence-corrected chi connectivity index (χ0v) is 12.2. The van der Waals surface area contributed by atoms with E-state index in [1.165, 1.54) is 12.1 Å². The fraction of sp³-hybridized carbons (Fsp3) is 0.417. The molecule has 2 nitrogen and oxygen atoms in total. The van der Waals surface area contributed by atoms with Crippen LogP contribution in [-0.4, -0.2) is 27.5 Å². The topological polar surface area (TPSA) is 20.3 Å². The van der Waals surface area contributed by atoms with Crippen molar-refractivity contribution in [2.75, 3.05) is 16.7 Å². The summed E-state index contributed by atoms with van der Waals surface area (Å²) in [5.74, 6) is 0.424. The van der Waals surface area contributed by atoms with Crippen molar-refractivity contribution < 1.29 is 9.18 Å². The standard InChI is InChI=1S/C12H13FINOS/c13-10-4-1-3-9(7-10)12-15(6-2-5-14)11(16)8-17-12/h1,3-4,7,12H,2,5-6,8H2. The predicted molar refractivity (Wildman–Crippen MR) is 76.8 cm³/mol. The van der Waals surface area contributed by atoms with Crippen molar-refractivity contribution in [1.29, 1.82) is 0 Å². The highest BCUT2D eigenvalue weighted by molar-refractivity contribution is 14.1. The van der Waals surface area contributed by atoms with Crippen molar-refractivity contribution in [3.8, 4) is 0 Å². The minimum Gasteiger partial charge on any atom is -0.326 e. The number of carbonyl (C=O) groups is 1. The van der Waals surface area contributed by atoms with Crippen LogP contribution in [0, 0.1) is 5.82 Å². The summed E-state index contributed by atoms with van der Waals surface area (Å²) in [6, 6.07) is 6.54. The number of rotatable bonds is 4. The summed E-state index contributed by atoms with van der Waals surface area (Å²) in [7, 11) is 0. The first-order chi connectivity index (χ1) is 8.22. The second-order valence-corrected chi connectivity index (χ2v) is 6.00. The molecule has 1 unspecified atom stereocenters. The molecule has 1 aliphatic heterocycles. The number of amides is 1. The van der Waals surface area contributed by atoms with Gasteiger partial charge in [0, 0.05) is 11.0 Å². The first-order valence-electron chi connectivity index (χ1n) is 5.45. The summed E-state index contributed by atoms with van der Waals surface area (Å²) in [6.07, 6.45) is 0.985. The van der Waals surface area contributed by atoms with Crippen molar-refractivity contribution >= 4 is 40.3 Å². The van der Waals surface area contributed by atoms with Crippen LogP contribution in [0.1, 0.15) is 17.4 Å². The lowest BCUT2D eigenvalue weighted by Crippen LogP contribution is -2.29. The van der Waals surface area contributed by atoms with Gasteiger partial charge in [0.1, 0.15) is 11.2 Å². The molecule has 1 fully saturated rings. The SMILES string of the molecule is O=C1CSC(c2cccc(F)c2)N1CCCI. The lowest BCUT2D eigenvalue weighted by Gasteiger charge is -2.23. The summed E-state index contributed by atoms with van der Waals surface area (Å²) in [4.78, 5) is 13.6. The maximum Gasteiger partial charge on any atom is 0.233 e. The second-order valence-electron chi connectivity index (χ2n) is 3.85. The van der Waals surface area contributed by atoms with E-state index >= 15 is 0 Å². The molecule has 1 atom stereocenters. The van der Waals surface area contributed by atoms with Crippen LogP contribution in [0.4, 0.5) is 4.39 Å². The van der Waals surface area contributed by atoms with Crippen LogP contribution in [0.25, 0.3) is 0 Å². The smallest absolute Gasteiger partial charge is 0.233 e. The first-order valence-corrected chi connectivity index (χ1v) is 8.02. The summed E-state index contributed by atoms with van der Waals surface area (Å²) in [5.41, 5.74) is 0.884. The van der Waals surface area contributed by atoms with E-state index in [2.05, 4.69) is 22.6 Å². The Bertz CT molecular complexity index is 415. The van der Waals surface area contributed by atoms with Gasteiger partial charge in [-0.05, 0) is 24.1 Å². The second kappa shape index (κ2) is 6.04. The lowest BCUT2D eigenvalue weighted by molar-refractivity contribution is -0.128. The number of alkyl halides is 1. The number of hydrogen-bond donors (Lipinski definition) is 0. The number of hydrogen-bond acceptors (Lipinski definition) is 2. The minimum absolute atomic E-state index is 0.0128. The highest BCUT2D eigenvalue weighted by Crippen LogP contribution is 2.38. The van der Waals surface area contributed by atoms with Gasteiger partial charge in [-0.2, -0.15) is 0 Å². The first kappa shape index (κ1) is 13.1. The third-order valence-corrected chi connectivity index (χ3v) is 4.65. The van der Waals surface area contributed by atoms with E-state index in [-0.39, 0.29) is 17.1 Å². The van der Waals surface area contributed by atoms with Crippen molar-refractivity contribution in [2.24, 2.45) is 0 Å². The molecule has 0 aliphatic carbocycles. The quantitative estimate of drug-likeness (QED) is 0.603. The molecule has 0 bridgehead atoms. The highest BCUT2D eigenvalue weighted by atomic mass is 127. The van der Waals surface area contributed by atoms with Gasteiger partial charge < -0.3 is 4.90 Å². The summed E-state index contributed by atoms with van der Waals surface area (Å²) in [6.45, 7) is 0.760. The molecule has 0 N–H and O–H groups in total. The molecule has 1 aromatic rings. The van der Waals surface area contributed by atoms with Gasteiger partial charge in [0.2, 0.25) is 5.91 Å². The Labute approximate surface area is 118 Å². The number of halogens is 2. The molecule has 0 saturated carbocycles. The van der Waals surface area contributed by atoms with Crippen LogP contribution < -0.4 is 0 Å². The molecule has 1 aliphatic rings. The Balaban J connectivity index is 2.16. The Morgan fingerprint density at radius 1 is 1.53 bits per heavy atom. The van der Waals surface area contributed by atoms with Gasteiger partial charge in [-0.15, -0.1) is 11.8 Å². The van der Waals surface area contributed by atoms with Crippen LogP contribution in [0.3, 0.4) is 0 Å². The van der Waals surface area contributed by atoms with Crippen LogP contribution in [-0.2, 0) is 4.79 Å². The Morgan fingerprint density at radius 2 is 2.35 bits per heavy atom. The Morgan fingerprint density at radius 3 is 3.06 bits per heavy atom. The van der Waals surface area contributed by atoms with Crippen molar-refractivity contribution in [3.05, 3.63) is 35.6 Å². The van der Waals surface area contributed by atoms with E-state index in [0.29, 0.717) is 5.75 Å². The fourth-order valence-corrected chi connectivity index (χ4v) is 3.41. The normalized spacial score (nSPS) is 20.0. The summed E-state index contributed by atoms with van der Waals surface area (Å²) >= 11 is 3.88. The number of carbonyl (C=O) groups excluding carboxylic acids is 1. The third-order valence-electron chi connectivity index (χ3n) is 2.63. The van der Waals surface area contributed by atoms with E-state index in [0.717, 1.165) is 23.0 Å². The molecule has 1 amide bonds. The van der Waals surface area contributed by atoms with Gasteiger partial charge in [0.25, 0.3) is 0 Å². The Hall–Kier alpha value is -0.300. The van der Waals surface area contributed by atoms with E-state index < -0.39 is 0 Å². The van der Waals surface area contributed by atoms with Gasteiger partial charge in [-0.25, -0.2) is 4.39 Å². The summed E-state index contributed by atoms with van der Waals surface area (Å²) < 4.78 is 14.2. The largest absolute Gasteiger partial charge is 0.326 e. The van der Waals surface area contributed by atoms with Gasteiger partial charge >= 0.3 is 0 Å². The number of benzene rings is 1. The molecule has 2 rings (SSSR count). The molecule has 1 heterocycles. The molecule has 17 heavy (non-hydrogen) atoms. The van der Waals surface area contributed by atoms with Crippen LogP contribution >= 0.6 is 34.4 Å². The molecule has 0 aromatic heterocycles.